The molecule has 132 valence electrons. The number of methoxy groups -OCH3 is 1. The van der Waals surface area contributed by atoms with Gasteiger partial charge in [0.15, 0.2) is 11.5 Å². The molecule has 2 rings (SSSR count). The highest BCUT2D eigenvalue weighted by Gasteiger charge is 2.19. The maximum absolute atomic E-state index is 11.6. The quantitative estimate of drug-likeness (QED) is 0.554. The number of aromatic nitrogens is 2. The number of aromatic amines is 2. The molecular formula is C15H14BrN3O6. The van der Waals surface area contributed by atoms with Crippen molar-refractivity contribution in [3.05, 3.63) is 58.8 Å². The van der Waals surface area contributed by atoms with Crippen LogP contribution in [0.4, 0.5) is 5.69 Å². The van der Waals surface area contributed by atoms with Crippen molar-refractivity contribution in [1.82, 2.24) is 9.97 Å². The molecule has 0 amide bonds. The maximum Gasteiger partial charge on any atom is 0.357 e. The first kappa shape index (κ1) is 18.5. The fourth-order valence-corrected chi connectivity index (χ4v) is 2.53. The van der Waals surface area contributed by atoms with E-state index in [1.54, 1.807) is 12.1 Å². The molecule has 0 saturated carbocycles. The highest BCUT2D eigenvalue weighted by atomic mass is 79.9. The number of nitrogens with zero attached hydrogens (tertiary/aromatic N) is 1. The Morgan fingerprint density at radius 2 is 1.96 bits per heavy atom. The first-order valence-electron chi connectivity index (χ1n) is 7.06. The van der Waals surface area contributed by atoms with E-state index in [2.05, 4.69) is 20.9 Å². The Balaban J connectivity index is 2.52. The Hall–Kier alpha value is -2.88. The van der Waals surface area contributed by atoms with Gasteiger partial charge in [0, 0.05) is 4.47 Å². The molecule has 0 aliphatic heterocycles. The van der Waals surface area contributed by atoms with Crippen molar-refractivity contribution < 1.29 is 14.4 Å². The van der Waals surface area contributed by atoms with Gasteiger partial charge >= 0.3 is 16.9 Å². The Morgan fingerprint density at radius 3 is 2.56 bits per heavy atom. The van der Waals surface area contributed by atoms with E-state index >= 15 is 0 Å². The lowest BCUT2D eigenvalue weighted by molar-refractivity contribution is -0.386. The van der Waals surface area contributed by atoms with Crippen molar-refractivity contribution in [2.45, 2.75) is 6.92 Å². The highest BCUT2D eigenvalue weighted by molar-refractivity contribution is 9.10. The number of rotatable bonds is 6. The number of halogens is 1. The van der Waals surface area contributed by atoms with E-state index in [9.17, 15) is 19.7 Å². The van der Waals surface area contributed by atoms with Gasteiger partial charge in [0.05, 0.1) is 18.6 Å². The Labute approximate surface area is 149 Å². The van der Waals surface area contributed by atoms with Crippen LogP contribution in [0, 0.1) is 10.1 Å². The molecule has 10 heteroatoms. The number of nitro groups is 1. The molecule has 25 heavy (non-hydrogen) atoms. The number of ether oxygens (including phenoxy) is 2. The smallest absolute Gasteiger partial charge is 0.357 e. The molecule has 0 spiro atoms. The molecule has 0 radical (unpaired) electrons. The van der Waals surface area contributed by atoms with E-state index in [1.807, 2.05) is 11.9 Å². The van der Waals surface area contributed by atoms with Crippen LogP contribution in [0.3, 0.4) is 0 Å². The highest BCUT2D eigenvalue weighted by Crippen LogP contribution is 2.34. The third-order valence-corrected chi connectivity index (χ3v) is 3.83. The normalized spacial score (nSPS) is 10.8. The summed E-state index contributed by atoms with van der Waals surface area (Å²) < 4.78 is 11.3. The van der Waals surface area contributed by atoms with Crippen molar-refractivity contribution in [2.75, 3.05) is 13.7 Å². The van der Waals surface area contributed by atoms with Crippen LogP contribution in [-0.2, 0) is 0 Å². The van der Waals surface area contributed by atoms with Gasteiger partial charge in [-0.15, -0.1) is 0 Å². The van der Waals surface area contributed by atoms with Gasteiger partial charge in [-0.25, -0.2) is 4.79 Å². The number of hydrogen-bond acceptors (Lipinski definition) is 6. The average molecular weight is 412 g/mol. The summed E-state index contributed by atoms with van der Waals surface area (Å²) in [6.45, 7) is 2.29. The summed E-state index contributed by atoms with van der Waals surface area (Å²) in [4.78, 5) is 37.2. The molecule has 0 aliphatic carbocycles. The van der Waals surface area contributed by atoms with Crippen molar-refractivity contribution in [3.8, 4) is 11.5 Å². The zero-order valence-corrected chi connectivity index (χ0v) is 14.9. The van der Waals surface area contributed by atoms with E-state index in [-0.39, 0.29) is 5.69 Å². The second-order valence-electron chi connectivity index (χ2n) is 4.72. The molecule has 0 atom stereocenters. The Morgan fingerprint density at radius 1 is 1.24 bits per heavy atom. The van der Waals surface area contributed by atoms with E-state index in [1.165, 1.54) is 19.3 Å². The van der Waals surface area contributed by atoms with Gasteiger partial charge in [0.25, 0.3) is 0 Å². The molecule has 0 unspecified atom stereocenters. The Kier molecular flexibility index (Phi) is 5.75. The minimum atomic E-state index is -1.07. The summed E-state index contributed by atoms with van der Waals surface area (Å²) in [5.74, 6) is 1.00. The van der Waals surface area contributed by atoms with Gasteiger partial charge in [-0.3, -0.25) is 19.9 Å². The lowest BCUT2D eigenvalue weighted by atomic mass is 10.1. The van der Waals surface area contributed by atoms with Crippen LogP contribution in [0.1, 0.15) is 18.2 Å². The van der Waals surface area contributed by atoms with E-state index < -0.39 is 21.9 Å². The van der Waals surface area contributed by atoms with Gasteiger partial charge in [-0.05, 0) is 30.7 Å². The molecule has 2 aromatic rings. The molecular weight excluding hydrogens is 398 g/mol. The van der Waals surface area contributed by atoms with Crippen LogP contribution >= 0.6 is 15.9 Å². The molecule has 0 aliphatic rings. The SMILES string of the molecule is CCOc1cc(Br)c(/C=C/c2[nH]c(=O)[nH]c(=O)c2[N+](=O)[O-])cc1OC. The van der Waals surface area contributed by atoms with Crippen molar-refractivity contribution >= 4 is 33.8 Å². The molecule has 9 nitrogen and oxygen atoms in total. The summed E-state index contributed by atoms with van der Waals surface area (Å²) >= 11 is 3.37. The van der Waals surface area contributed by atoms with Crippen molar-refractivity contribution in [1.29, 1.82) is 0 Å². The molecule has 0 fully saturated rings. The Bertz CT molecular complexity index is 947. The summed E-state index contributed by atoms with van der Waals surface area (Å²) in [5, 5.41) is 11.0. The van der Waals surface area contributed by atoms with Crippen molar-refractivity contribution in [3.63, 3.8) is 0 Å². The zero-order valence-electron chi connectivity index (χ0n) is 13.3. The average Bonchev–Trinajstić information content (AvgIpc) is 2.53. The molecule has 0 saturated heterocycles. The standard InChI is InChI=1S/C15H14BrN3O6/c1-3-25-12-7-9(16)8(6-11(12)24-2)4-5-10-13(19(22)23)14(20)18-15(21)17-10/h4-7H,3H2,1-2H3,(H2,17,18,20,21)/b5-4+. The number of hydrogen-bond donors (Lipinski definition) is 2. The van der Waals surface area contributed by atoms with Crippen LogP contribution in [0.5, 0.6) is 11.5 Å². The summed E-state index contributed by atoms with van der Waals surface area (Å²) in [6.07, 6.45) is 2.77. The van der Waals surface area contributed by atoms with E-state index in [0.717, 1.165) is 0 Å². The van der Waals surface area contributed by atoms with Gasteiger partial charge < -0.3 is 14.5 Å². The first-order chi connectivity index (χ1) is 11.9. The van der Waals surface area contributed by atoms with Crippen LogP contribution in [0.25, 0.3) is 12.2 Å². The lowest BCUT2D eigenvalue weighted by Crippen LogP contribution is -2.25. The largest absolute Gasteiger partial charge is 0.493 e. The second-order valence-corrected chi connectivity index (χ2v) is 5.57. The number of H-pyrrole nitrogens is 2. The van der Waals surface area contributed by atoms with Gasteiger partial charge in [0.1, 0.15) is 5.69 Å². The summed E-state index contributed by atoms with van der Waals surface area (Å²) in [7, 11) is 1.48. The molecule has 1 aromatic heterocycles. The second kappa shape index (κ2) is 7.79. The first-order valence-corrected chi connectivity index (χ1v) is 7.86. The third-order valence-electron chi connectivity index (χ3n) is 3.14. The van der Waals surface area contributed by atoms with Crippen LogP contribution in [0.2, 0.25) is 0 Å². The van der Waals surface area contributed by atoms with Gasteiger partial charge in [-0.1, -0.05) is 22.0 Å². The fraction of sp³-hybridized carbons (Fsp3) is 0.200. The topological polar surface area (TPSA) is 127 Å². The lowest BCUT2D eigenvalue weighted by Gasteiger charge is -2.11. The van der Waals surface area contributed by atoms with Crippen LogP contribution in [0.15, 0.2) is 26.2 Å². The van der Waals surface area contributed by atoms with Gasteiger partial charge in [-0.2, -0.15) is 0 Å². The van der Waals surface area contributed by atoms with E-state index in [4.69, 9.17) is 9.47 Å². The monoisotopic (exact) mass is 411 g/mol. The minimum Gasteiger partial charge on any atom is -0.493 e. The molecule has 1 heterocycles. The van der Waals surface area contributed by atoms with Crippen LogP contribution < -0.4 is 20.7 Å². The molecule has 0 bridgehead atoms. The third kappa shape index (κ3) is 4.15. The maximum atomic E-state index is 11.6. The molecule has 1 aromatic carbocycles. The van der Waals surface area contributed by atoms with Gasteiger partial charge in [0.2, 0.25) is 0 Å². The number of nitrogens with one attached hydrogen (secondary N) is 2. The van der Waals surface area contributed by atoms with E-state index in [0.29, 0.717) is 28.1 Å². The fourth-order valence-electron chi connectivity index (χ4n) is 2.08. The van der Waals surface area contributed by atoms with Crippen molar-refractivity contribution in [2.24, 2.45) is 0 Å². The summed E-state index contributed by atoms with van der Waals surface area (Å²) in [6, 6.07) is 3.35. The predicted molar refractivity (Wildman–Crippen MR) is 95.1 cm³/mol. The predicted octanol–water partition coefficient (Wildman–Crippen LogP) is 2.31. The van der Waals surface area contributed by atoms with Crippen LogP contribution in [-0.4, -0.2) is 28.6 Å². The zero-order chi connectivity index (χ0) is 18.6. The minimum absolute atomic E-state index is 0.210. The summed E-state index contributed by atoms with van der Waals surface area (Å²) in [5.41, 5.74) is -2.26. The number of benzene rings is 1. The molecule has 2 N–H and O–H groups in total.